The zero-order chi connectivity index (χ0) is 16.8. The zero-order valence-corrected chi connectivity index (χ0v) is 14.6. The van der Waals surface area contributed by atoms with Crippen LogP contribution < -0.4 is 4.74 Å². The molecule has 0 aliphatic carbocycles. The van der Waals surface area contributed by atoms with Crippen LogP contribution in [0.3, 0.4) is 0 Å². The first-order valence-electron chi connectivity index (χ1n) is 7.67. The van der Waals surface area contributed by atoms with Crippen LogP contribution in [0.4, 0.5) is 0 Å². The van der Waals surface area contributed by atoms with Gasteiger partial charge >= 0.3 is 0 Å². The van der Waals surface area contributed by atoms with Gasteiger partial charge in [-0.05, 0) is 72.2 Å². The third-order valence-electron chi connectivity index (χ3n) is 3.57. The molecule has 1 aliphatic rings. The molecule has 1 aliphatic heterocycles. The Balaban J connectivity index is 2.28. The molecular weight excluding hydrogens is 276 g/mol. The van der Waals surface area contributed by atoms with E-state index in [0.29, 0.717) is 5.57 Å². The van der Waals surface area contributed by atoms with Crippen LogP contribution in [-0.2, 0) is 9.53 Å². The summed E-state index contributed by atoms with van der Waals surface area (Å²) in [5, 5.41) is 0. The van der Waals surface area contributed by atoms with Gasteiger partial charge in [-0.2, -0.15) is 0 Å². The van der Waals surface area contributed by atoms with Crippen LogP contribution in [0.1, 0.15) is 54.0 Å². The second-order valence-electron chi connectivity index (χ2n) is 7.79. The van der Waals surface area contributed by atoms with Gasteiger partial charge in [0.25, 0.3) is 0 Å². The van der Waals surface area contributed by atoms with Crippen molar-refractivity contribution in [2.45, 2.75) is 65.3 Å². The van der Waals surface area contributed by atoms with E-state index in [1.807, 2.05) is 78.8 Å². The molecule has 0 N–H and O–H groups in total. The van der Waals surface area contributed by atoms with Crippen molar-refractivity contribution >= 4 is 11.9 Å². The normalized spacial score (nSPS) is 22.1. The molecule has 3 nitrogen and oxygen atoms in total. The molecule has 120 valence electrons. The van der Waals surface area contributed by atoms with E-state index in [9.17, 15) is 4.79 Å². The van der Waals surface area contributed by atoms with Crippen molar-refractivity contribution in [2.24, 2.45) is 0 Å². The Morgan fingerprint density at radius 2 is 1.55 bits per heavy atom. The number of carbonyl (C=O) groups excluding carboxylic acids is 1. The minimum atomic E-state index is -0.759. The van der Waals surface area contributed by atoms with Crippen LogP contribution in [-0.4, -0.2) is 22.6 Å². The van der Waals surface area contributed by atoms with Crippen molar-refractivity contribution in [3.8, 4) is 5.75 Å². The average Bonchev–Trinajstić information content (AvgIpc) is 2.48. The summed E-state index contributed by atoms with van der Waals surface area (Å²) in [7, 11) is 0. The SMILES string of the molecule is CC(C)(C)Oc1ccc(C=C2C(=O)C(C)(C)OC2(C)C)cc1. The molecule has 0 radical (unpaired) electrons. The molecule has 0 spiro atoms. The van der Waals surface area contributed by atoms with Gasteiger partial charge in [0.15, 0.2) is 5.78 Å². The van der Waals surface area contributed by atoms with E-state index in [-0.39, 0.29) is 11.4 Å². The van der Waals surface area contributed by atoms with Crippen LogP contribution in [0.25, 0.3) is 6.08 Å². The highest BCUT2D eigenvalue weighted by Crippen LogP contribution is 2.39. The van der Waals surface area contributed by atoms with Gasteiger partial charge in [0.2, 0.25) is 0 Å². The van der Waals surface area contributed by atoms with E-state index >= 15 is 0 Å². The van der Waals surface area contributed by atoms with Gasteiger partial charge in [0, 0.05) is 5.57 Å². The summed E-state index contributed by atoms with van der Waals surface area (Å²) in [5.74, 6) is 0.871. The summed E-state index contributed by atoms with van der Waals surface area (Å²) in [6.07, 6.45) is 1.91. The molecule has 0 bridgehead atoms. The van der Waals surface area contributed by atoms with Crippen molar-refractivity contribution in [1.29, 1.82) is 0 Å². The smallest absolute Gasteiger partial charge is 0.192 e. The van der Waals surface area contributed by atoms with Crippen molar-refractivity contribution in [2.75, 3.05) is 0 Å². The standard InChI is InChI=1S/C19H26O3/c1-17(2,3)21-14-10-8-13(9-11-14)12-15-16(20)19(6,7)22-18(15,4)5/h8-12H,1-7H3. The van der Waals surface area contributed by atoms with Crippen LogP contribution in [0.5, 0.6) is 5.75 Å². The quantitative estimate of drug-likeness (QED) is 0.759. The molecule has 2 rings (SSSR count). The maximum absolute atomic E-state index is 12.5. The first-order chi connectivity index (χ1) is 9.91. The lowest BCUT2D eigenvalue weighted by Crippen LogP contribution is -2.29. The maximum atomic E-state index is 12.5. The fourth-order valence-corrected chi connectivity index (χ4v) is 2.73. The predicted octanol–water partition coefficient (Wildman–Crippen LogP) is 4.40. The Labute approximate surface area is 133 Å². The Kier molecular flexibility index (Phi) is 3.99. The van der Waals surface area contributed by atoms with Crippen LogP contribution in [0.2, 0.25) is 0 Å². The van der Waals surface area contributed by atoms with E-state index in [2.05, 4.69) is 0 Å². The van der Waals surface area contributed by atoms with E-state index < -0.39 is 11.2 Å². The maximum Gasteiger partial charge on any atom is 0.192 e. The van der Waals surface area contributed by atoms with Gasteiger partial charge < -0.3 is 9.47 Å². The molecular formula is C19H26O3. The Morgan fingerprint density at radius 3 is 1.95 bits per heavy atom. The lowest BCUT2D eigenvalue weighted by molar-refractivity contribution is -0.132. The summed E-state index contributed by atoms with van der Waals surface area (Å²) in [5.41, 5.74) is 0.133. The number of hydrogen-bond acceptors (Lipinski definition) is 3. The van der Waals surface area contributed by atoms with E-state index in [1.54, 1.807) is 0 Å². The number of rotatable bonds is 2. The topological polar surface area (TPSA) is 35.5 Å². The van der Waals surface area contributed by atoms with E-state index in [1.165, 1.54) is 0 Å². The molecule has 1 aromatic rings. The van der Waals surface area contributed by atoms with Gasteiger partial charge in [-0.1, -0.05) is 12.1 Å². The van der Waals surface area contributed by atoms with Gasteiger partial charge in [0.05, 0.1) is 5.60 Å². The molecule has 0 aromatic heterocycles. The molecule has 22 heavy (non-hydrogen) atoms. The molecule has 1 heterocycles. The minimum Gasteiger partial charge on any atom is -0.488 e. The first-order valence-corrected chi connectivity index (χ1v) is 7.67. The zero-order valence-electron chi connectivity index (χ0n) is 14.6. The second-order valence-corrected chi connectivity index (χ2v) is 7.79. The van der Waals surface area contributed by atoms with Crippen LogP contribution >= 0.6 is 0 Å². The molecule has 0 saturated carbocycles. The summed E-state index contributed by atoms with van der Waals surface area (Å²) in [6, 6.07) is 7.78. The van der Waals surface area contributed by atoms with Crippen LogP contribution in [0, 0.1) is 0 Å². The second kappa shape index (κ2) is 5.24. The van der Waals surface area contributed by atoms with Gasteiger partial charge in [-0.25, -0.2) is 0 Å². The number of carbonyl (C=O) groups is 1. The minimum absolute atomic E-state index is 0.0486. The fourth-order valence-electron chi connectivity index (χ4n) is 2.73. The number of ether oxygens (including phenoxy) is 2. The third kappa shape index (κ3) is 3.58. The van der Waals surface area contributed by atoms with Crippen molar-refractivity contribution < 1.29 is 14.3 Å². The van der Waals surface area contributed by atoms with E-state index in [0.717, 1.165) is 11.3 Å². The number of Topliss-reactive ketones (excluding diaryl/α,β-unsaturated/α-hetero) is 1. The predicted molar refractivity (Wildman–Crippen MR) is 89.1 cm³/mol. The monoisotopic (exact) mass is 302 g/mol. The van der Waals surface area contributed by atoms with Gasteiger partial charge in [-0.3, -0.25) is 4.79 Å². The largest absolute Gasteiger partial charge is 0.488 e. The summed E-state index contributed by atoms with van der Waals surface area (Å²) < 4.78 is 11.7. The molecule has 1 fully saturated rings. The summed E-state index contributed by atoms with van der Waals surface area (Å²) in [4.78, 5) is 12.5. The lowest BCUT2D eigenvalue weighted by Gasteiger charge is -2.22. The lowest BCUT2D eigenvalue weighted by atomic mass is 9.91. The number of ketones is 1. The van der Waals surface area contributed by atoms with E-state index in [4.69, 9.17) is 9.47 Å². The molecule has 0 unspecified atom stereocenters. The Hall–Kier alpha value is -1.61. The number of benzene rings is 1. The molecule has 0 amide bonds. The average molecular weight is 302 g/mol. The molecule has 1 aromatic carbocycles. The molecule has 0 atom stereocenters. The van der Waals surface area contributed by atoms with Crippen LogP contribution in [0.15, 0.2) is 29.8 Å². The highest BCUT2D eigenvalue weighted by molar-refractivity contribution is 6.08. The Morgan fingerprint density at radius 1 is 1.00 bits per heavy atom. The first kappa shape index (κ1) is 16.8. The third-order valence-corrected chi connectivity index (χ3v) is 3.57. The molecule has 3 heteroatoms. The molecule has 1 saturated heterocycles. The summed E-state index contributed by atoms with van der Waals surface area (Å²) in [6.45, 7) is 13.5. The fraction of sp³-hybridized carbons (Fsp3) is 0.526. The summed E-state index contributed by atoms with van der Waals surface area (Å²) >= 11 is 0. The Bertz CT molecular complexity index is 599. The van der Waals surface area contributed by atoms with Crippen molar-refractivity contribution in [3.05, 3.63) is 35.4 Å². The van der Waals surface area contributed by atoms with Gasteiger partial charge in [0.1, 0.15) is 17.0 Å². The van der Waals surface area contributed by atoms with Crippen molar-refractivity contribution in [1.82, 2.24) is 0 Å². The highest BCUT2D eigenvalue weighted by Gasteiger charge is 2.49. The highest BCUT2D eigenvalue weighted by atomic mass is 16.5. The van der Waals surface area contributed by atoms with Crippen molar-refractivity contribution in [3.63, 3.8) is 0 Å². The van der Waals surface area contributed by atoms with Gasteiger partial charge in [-0.15, -0.1) is 0 Å². The number of hydrogen-bond donors (Lipinski definition) is 0.